The second kappa shape index (κ2) is 10.4. The third-order valence-corrected chi connectivity index (χ3v) is 5.37. The van der Waals surface area contributed by atoms with Gasteiger partial charge in [-0.05, 0) is 37.4 Å². The van der Waals surface area contributed by atoms with Crippen molar-refractivity contribution in [3.05, 3.63) is 70.3 Å². The number of ether oxygens (including phenoxy) is 1. The number of ketones is 1. The van der Waals surface area contributed by atoms with Crippen molar-refractivity contribution in [2.45, 2.75) is 38.8 Å². The molecule has 0 aliphatic rings. The molecule has 2 aromatic carbocycles. The van der Waals surface area contributed by atoms with Crippen LogP contribution in [-0.4, -0.2) is 39.7 Å². The smallest absolute Gasteiger partial charge is 0.310 e. The van der Waals surface area contributed by atoms with Crippen LogP contribution in [0.1, 0.15) is 38.3 Å². The van der Waals surface area contributed by atoms with Crippen molar-refractivity contribution in [1.29, 1.82) is 0 Å². The molecule has 34 heavy (non-hydrogen) atoms. The van der Waals surface area contributed by atoms with Crippen LogP contribution >= 0.6 is 0 Å². The van der Waals surface area contributed by atoms with E-state index in [0.29, 0.717) is 27.6 Å². The monoisotopic (exact) mass is 467 g/mol. The van der Waals surface area contributed by atoms with E-state index >= 15 is 0 Å². The van der Waals surface area contributed by atoms with Gasteiger partial charge in [-0.3, -0.25) is 14.4 Å². The highest BCUT2D eigenvalue weighted by molar-refractivity contribution is 5.97. The number of carboxylic acid groups (broad SMARTS) is 1. The average Bonchev–Trinajstić information content (AvgIpc) is 2.77. The number of aliphatic hydroxyl groups is 1. The molecule has 1 heterocycles. The molecule has 7 nitrogen and oxygen atoms in total. The zero-order valence-corrected chi connectivity index (χ0v) is 19.1. The number of hydrogen-bond acceptors (Lipinski definition) is 5. The molecule has 0 saturated carbocycles. The molecule has 0 saturated heterocycles. The Bertz CT molecular complexity index is 1320. The van der Waals surface area contributed by atoms with E-state index in [-0.39, 0.29) is 23.8 Å². The Morgan fingerprint density at radius 2 is 1.82 bits per heavy atom. The summed E-state index contributed by atoms with van der Waals surface area (Å²) in [6.45, 7) is 3.70. The lowest BCUT2D eigenvalue weighted by Crippen LogP contribution is -2.25. The average molecular weight is 467 g/mol. The van der Waals surface area contributed by atoms with Crippen LogP contribution in [0, 0.1) is 5.82 Å². The molecule has 0 aliphatic heterocycles. The standard InChI is InChI=1S/C26H26FNO6/c1-15(2)28-25(22-10-8-16(27)12-23(22)34-3)20(19-6-4-5-7-21(19)26(28)33)11-9-17(29)13-18(30)14-24(31)32/h4-12,15,17,29H,13-14H2,1-3H3,(H,31,32). The molecule has 1 unspecified atom stereocenters. The Balaban J connectivity index is 2.29. The first kappa shape index (κ1) is 24.9. The summed E-state index contributed by atoms with van der Waals surface area (Å²) in [5.74, 6) is -2.14. The SMILES string of the molecule is COc1cc(F)ccc1-c1c(C=CC(O)CC(=O)CC(=O)O)c2ccccc2c(=O)n1C(C)C. The van der Waals surface area contributed by atoms with Gasteiger partial charge in [-0.2, -0.15) is 0 Å². The molecule has 178 valence electrons. The maximum absolute atomic E-state index is 13.9. The summed E-state index contributed by atoms with van der Waals surface area (Å²) in [5.41, 5.74) is 1.28. The van der Waals surface area contributed by atoms with Crippen molar-refractivity contribution < 1.29 is 28.9 Å². The number of aromatic nitrogens is 1. The predicted molar refractivity (Wildman–Crippen MR) is 127 cm³/mol. The first-order valence-corrected chi connectivity index (χ1v) is 10.7. The van der Waals surface area contributed by atoms with Crippen molar-refractivity contribution in [3.63, 3.8) is 0 Å². The van der Waals surface area contributed by atoms with Gasteiger partial charge in [0, 0.05) is 35.0 Å². The van der Waals surface area contributed by atoms with Gasteiger partial charge in [0.25, 0.3) is 5.56 Å². The van der Waals surface area contributed by atoms with E-state index in [1.807, 2.05) is 13.8 Å². The lowest BCUT2D eigenvalue weighted by atomic mass is 9.96. The van der Waals surface area contributed by atoms with Crippen LogP contribution in [-0.2, 0) is 9.59 Å². The van der Waals surface area contributed by atoms with Gasteiger partial charge in [0.15, 0.2) is 0 Å². The second-order valence-electron chi connectivity index (χ2n) is 8.16. The van der Waals surface area contributed by atoms with E-state index in [9.17, 15) is 23.9 Å². The van der Waals surface area contributed by atoms with Gasteiger partial charge in [0.05, 0.1) is 18.9 Å². The largest absolute Gasteiger partial charge is 0.496 e. The maximum Gasteiger partial charge on any atom is 0.310 e. The first-order chi connectivity index (χ1) is 16.1. The van der Waals surface area contributed by atoms with E-state index in [1.54, 1.807) is 34.9 Å². The molecule has 8 heteroatoms. The third-order valence-electron chi connectivity index (χ3n) is 5.37. The topological polar surface area (TPSA) is 106 Å². The molecule has 0 fully saturated rings. The maximum atomic E-state index is 13.9. The number of benzene rings is 2. The number of methoxy groups -OCH3 is 1. The van der Waals surface area contributed by atoms with Gasteiger partial charge in [0.2, 0.25) is 0 Å². The predicted octanol–water partition coefficient (Wildman–Crippen LogP) is 4.21. The van der Waals surface area contributed by atoms with Crippen molar-refractivity contribution in [1.82, 2.24) is 4.57 Å². The normalized spacial score (nSPS) is 12.4. The lowest BCUT2D eigenvalue weighted by molar-refractivity contribution is -0.140. The Labute approximate surface area is 195 Å². The highest BCUT2D eigenvalue weighted by Crippen LogP contribution is 2.37. The van der Waals surface area contributed by atoms with Crippen LogP contribution in [0.15, 0.2) is 53.3 Å². The minimum absolute atomic E-state index is 0.232. The zero-order valence-electron chi connectivity index (χ0n) is 19.1. The molecule has 0 radical (unpaired) electrons. The fraction of sp³-hybridized carbons (Fsp3) is 0.269. The lowest BCUT2D eigenvalue weighted by Gasteiger charge is -2.22. The quantitative estimate of drug-likeness (QED) is 0.457. The van der Waals surface area contributed by atoms with E-state index in [0.717, 1.165) is 0 Å². The number of halogens is 1. The molecule has 2 N–H and O–H groups in total. The van der Waals surface area contributed by atoms with Crippen LogP contribution in [0.4, 0.5) is 4.39 Å². The van der Waals surface area contributed by atoms with Gasteiger partial charge in [-0.25, -0.2) is 4.39 Å². The van der Waals surface area contributed by atoms with Gasteiger partial charge in [0.1, 0.15) is 23.8 Å². The van der Waals surface area contributed by atoms with Crippen molar-refractivity contribution in [2.75, 3.05) is 7.11 Å². The molecule has 3 rings (SSSR count). The number of aliphatic carboxylic acids is 1. The summed E-state index contributed by atoms with van der Waals surface area (Å²) in [7, 11) is 1.41. The van der Waals surface area contributed by atoms with Crippen molar-refractivity contribution in [3.8, 4) is 17.0 Å². The summed E-state index contributed by atoms with van der Waals surface area (Å²) in [6.07, 6.45) is 0.713. The summed E-state index contributed by atoms with van der Waals surface area (Å²) in [6, 6.07) is 10.8. The number of carbonyl (C=O) groups is 2. The molecule has 1 aromatic heterocycles. The summed E-state index contributed by atoms with van der Waals surface area (Å²) in [4.78, 5) is 36.0. The molecule has 0 aliphatic carbocycles. The van der Waals surface area contributed by atoms with E-state index < -0.39 is 30.1 Å². The Hall–Kier alpha value is -3.78. The number of Topliss-reactive ketones (excluding diaryl/α,β-unsaturated/α-hetero) is 1. The number of carboxylic acids is 1. The first-order valence-electron chi connectivity index (χ1n) is 10.7. The third kappa shape index (κ3) is 5.23. The van der Waals surface area contributed by atoms with Gasteiger partial charge in [-0.15, -0.1) is 0 Å². The number of fused-ring (bicyclic) bond motifs is 1. The van der Waals surface area contributed by atoms with Gasteiger partial charge >= 0.3 is 5.97 Å². The minimum Gasteiger partial charge on any atom is -0.496 e. The van der Waals surface area contributed by atoms with E-state index in [4.69, 9.17) is 9.84 Å². The summed E-state index contributed by atoms with van der Waals surface area (Å²) < 4.78 is 20.9. The number of carbonyl (C=O) groups excluding carboxylic acids is 1. The van der Waals surface area contributed by atoms with Crippen molar-refractivity contribution in [2.24, 2.45) is 0 Å². The molecule has 0 spiro atoms. The molecule has 0 bridgehead atoms. The zero-order chi connectivity index (χ0) is 25.0. The molecule has 3 aromatic rings. The summed E-state index contributed by atoms with van der Waals surface area (Å²) in [5, 5.41) is 20.2. The van der Waals surface area contributed by atoms with Crippen LogP contribution in [0.2, 0.25) is 0 Å². The number of aliphatic hydroxyl groups excluding tert-OH is 1. The second-order valence-corrected chi connectivity index (χ2v) is 8.16. The Kier molecular flexibility index (Phi) is 7.63. The molecular weight excluding hydrogens is 441 g/mol. The number of rotatable bonds is 9. The van der Waals surface area contributed by atoms with Gasteiger partial charge < -0.3 is 19.5 Å². The highest BCUT2D eigenvalue weighted by Gasteiger charge is 2.22. The molecule has 1 atom stereocenters. The van der Waals surface area contributed by atoms with Crippen LogP contribution in [0.5, 0.6) is 5.75 Å². The number of pyridine rings is 1. The van der Waals surface area contributed by atoms with Crippen LogP contribution < -0.4 is 10.3 Å². The van der Waals surface area contributed by atoms with Crippen molar-refractivity contribution >= 4 is 28.6 Å². The summed E-state index contributed by atoms with van der Waals surface area (Å²) >= 11 is 0. The fourth-order valence-electron chi connectivity index (χ4n) is 3.94. The van der Waals surface area contributed by atoms with E-state index in [1.165, 1.54) is 31.4 Å². The van der Waals surface area contributed by atoms with Crippen LogP contribution in [0.25, 0.3) is 28.1 Å². The number of nitrogens with zero attached hydrogens (tertiary/aromatic N) is 1. The highest BCUT2D eigenvalue weighted by atomic mass is 19.1. The Morgan fingerprint density at radius 3 is 2.44 bits per heavy atom. The van der Waals surface area contributed by atoms with Gasteiger partial charge in [-0.1, -0.05) is 30.4 Å². The minimum atomic E-state index is -1.26. The number of hydrogen-bond donors (Lipinski definition) is 2. The molecule has 0 amide bonds. The fourth-order valence-corrected chi connectivity index (χ4v) is 3.94. The van der Waals surface area contributed by atoms with Crippen LogP contribution in [0.3, 0.4) is 0 Å². The Morgan fingerprint density at radius 1 is 1.15 bits per heavy atom. The van der Waals surface area contributed by atoms with E-state index in [2.05, 4.69) is 0 Å². The molecular formula is C26H26FNO6.